The van der Waals surface area contributed by atoms with Crippen molar-refractivity contribution in [1.82, 2.24) is 19.7 Å². The summed E-state index contributed by atoms with van der Waals surface area (Å²) in [6, 6.07) is 3.61. The molecule has 3 atom stereocenters. The summed E-state index contributed by atoms with van der Waals surface area (Å²) in [6.07, 6.45) is 5.02. The minimum Gasteiger partial charge on any atom is -0.387 e. The van der Waals surface area contributed by atoms with E-state index in [1.165, 1.54) is 6.33 Å². The van der Waals surface area contributed by atoms with E-state index in [4.69, 9.17) is 0 Å². The normalized spacial score (nSPS) is 21.0. The summed E-state index contributed by atoms with van der Waals surface area (Å²) < 4.78 is 1.58. The molecule has 0 saturated carbocycles. The van der Waals surface area contributed by atoms with Gasteiger partial charge < -0.3 is 10.0 Å². The van der Waals surface area contributed by atoms with Crippen LogP contribution >= 0.6 is 11.3 Å². The van der Waals surface area contributed by atoms with E-state index in [0.717, 1.165) is 24.3 Å². The topological polar surface area (TPSA) is 71.2 Å². The molecule has 7 heteroatoms. The number of nitrogens with zero attached hydrogens (tertiary/aromatic N) is 4. The summed E-state index contributed by atoms with van der Waals surface area (Å²) in [4.78, 5) is 19.4. The van der Waals surface area contributed by atoms with E-state index in [-0.39, 0.29) is 18.0 Å². The molecule has 1 saturated heterocycles. The number of carbonyl (C=O) groups is 1. The third-order valence-corrected chi connectivity index (χ3v) is 5.19. The number of aliphatic hydroxyl groups excluding tert-OH is 1. The number of carbonyl (C=O) groups excluding carboxylic acids is 1. The van der Waals surface area contributed by atoms with Crippen molar-refractivity contribution in [1.29, 1.82) is 0 Å². The summed E-state index contributed by atoms with van der Waals surface area (Å²) >= 11 is 1.55. The van der Waals surface area contributed by atoms with E-state index in [2.05, 4.69) is 10.1 Å². The van der Waals surface area contributed by atoms with Crippen LogP contribution in [-0.2, 0) is 4.79 Å². The number of rotatable bonds is 5. The van der Waals surface area contributed by atoms with Crippen LogP contribution in [-0.4, -0.2) is 43.3 Å². The van der Waals surface area contributed by atoms with Crippen LogP contribution in [0.15, 0.2) is 30.2 Å². The zero-order valence-electron chi connectivity index (χ0n) is 12.5. The van der Waals surface area contributed by atoms with Crippen molar-refractivity contribution in [2.75, 3.05) is 6.54 Å². The number of hydrogen-bond acceptors (Lipinski definition) is 5. The first-order valence-electron chi connectivity index (χ1n) is 7.53. The number of thiophene rings is 1. The third-order valence-electron chi connectivity index (χ3n) is 4.22. The van der Waals surface area contributed by atoms with Gasteiger partial charge in [-0.05, 0) is 37.6 Å². The van der Waals surface area contributed by atoms with Gasteiger partial charge in [-0.15, -0.1) is 11.3 Å². The Hall–Kier alpha value is -1.73. The van der Waals surface area contributed by atoms with Gasteiger partial charge in [0.15, 0.2) is 0 Å². The van der Waals surface area contributed by atoms with Gasteiger partial charge in [0.1, 0.15) is 18.7 Å². The molecule has 0 spiro atoms. The number of amides is 1. The molecule has 118 valence electrons. The fourth-order valence-electron chi connectivity index (χ4n) is 3.00. The molecule has 2 aromatic rings. The van der Waals surface area contributed by atoms with E-state index in [0.29, 0.717) is 6.42 Å². The lowest BCUT2D eigenvalue weighted by Gasteiger charge is -2.28. The molecule has 1 fully saturated rings. The van der Waals surface area contributed by atoms with E-state index in [1.807, 2.05) is 29.3 Å². The smallest absolute Gasteiger partial charge is 0.247 e. The first kappa shape index (κ1) is 15.2. The minimum atomic E-state index is -0.500. The minimum absolute atomic E-state index is 0.0476. The molecular formula is C15H20N4O2S. The molecule has 1 aliphatic heterocycles. The van der Waals surface area contributed by atoms with Gasteiger partial charge in [0, 0.05) is 17.5 Å². The second kappa shape index (κ2) is 6.58. The van der Waals surface area contributed by atoms with Crippen LogP contribution in [0.4, 0.5) is 0 Å². The molecule has 0 aliphatic carbocycles. The molecule has 3 rings (SSSR count). The largest absolute Gasteiger partial charge is 0.387 e. The molecule has 0 aromatic carbocycles. The predicted molar refractivity (Wildman–Crippen MR) is 83.4 cm³/mol. The molecule has 3 unspecified atom stereocenters. The molecule has 1 aliphatic rings. The monoisotopic (exact) mass is 320 g/mol. The molecule has 3 heterocycles. The average Bonchev–Trinajstić information content (AvgIpc) is 3.25. The highest BCUT2D eigenvalue weighted by atomic mass is 32.1. The van der Waals surface area contributed by atoms with Crippen LogP contribution in [0.3, 0.4) is 0 Å². The highest BCUT2D eigenvalue weighted by molar-refractivity contribution is 7.10. The zero-order chi connectivity index (χ0) is 15.5. The summed E-state index contributed by atoms with van der Waals surface area (Å²) in [5.74, 6) is 0.0476. The Balaban J connectivity index is 1.66. The van der Waals surface area contributed by atoms with Crippen molar-refractivity contribution in [3.8, 4) is 0 Å². The number of aliphatic hydroxyl groups is 1. The molecule has 2 aromatic heterocycles. The van der Waals surface area contributed by atoms with Gasteiger partial charge in [0.2, 0.25) is 5.91 Å². The Morgan fingerprint density at radius 2 is 2.45 bits per heavy atom. The van der Waals surface area contributed by atoms with Crippen LogP contribution in [0.5, 0.6) is 0 Å². The van der Waals surface area contributed by atoms with Gasteiger partial charge in [0.05, 0.1) is 6.10 Å². The molecule has 1 amide bonds. The summed E-state index contributed by atoms with van der Waals surface area (Å²) in [7, 11) is 0. The van der Waals surface area contributed by atoms with Crippen LogP contribution in [0.25, 0.3) is 0 Å². The van der Waals surface area contributed by atoms with Crippen LogP contribution in [0.2, 0.25) is 0 Å². The predicted octanol–water partition coefficient (Wildman–Crippen LogP) is 2.02. The Morgan fingerprint density at radius 3 is 3.14 bits per heavy atom. The standard InChI is InChI=1S/C15H20N4O2S/c1-11(19-10-16-9-17-19)15(21)18-6-2-4-12(18)8-13(20)14-5-3-7-22-14/h3,5,7,9-13,20H,2,4,6,8H2,1H3. The van der Waals surface area contributed by atoms with Gasteiger partial charge in [0.25, 0.3) is 0 Å². The quantitative estimate of drug-likeness (QED) is 0.915. The van der Waals surface area contributed by atoms with Crippen LogP contribution in [0.1, 0.15) is 43.2 Å². The lowest BCUT2D eigenvalue weighted by Crippen LogP contribution is -2.40. The third kappa shape index (κ3) is 3.05. The molecule has 6 nitrogen and oxygen atoms in total. The maximum Gasteiger partial charge on any atom is 0.247 e. The summed E-state index contributed by atoms with van der Waals surface area (Å²) in [6.45, 7) is 2.59. The molecule has 0 radical (unpaired) electrons. The number of hydrogen-bond donors (Lipinski definition) is 1. The summed E-state index contributed by atoms with van der Waals surface area (Å²) in [5, 5.41) is 16.3. The summed E-state index contributed by atoms with van der Waals surface area (Å²) in [5.41, 5.74) is 0. The Morgan fingerprint density at radius 1 is 1.59 bits per heavy atom. The van der Waals surface area contributed by atoms with Gasteiger partial charge >= 0.3 is 0 Å². The van der Waals surface area contributed by atoms with Gasteiger partial charge in [-0.3, -0.25) is 4.79 Å². The van der Waals surface area contributed by atoms with Crippen molar-refractivity contribution in [2.45, 2.75) is 44.4 Å². The SMILES string of the molecule is CC(C(=O)N1CCCC1CC(O)c1cccs1)n1cncn1. The van der Waals surface area contributed by atoms with Crippen LogP contribution < -0.4 is 0 Å². The fraction of sp³-hybridized carbons (Fsp3) is 0.533. The number of aromatic nitrogens is 3. The fourth-order valence-corrected chi connectivity index (χ4v) is 3.72. The Kier molecular flexibility index (Phi) is 4.54. The van der Waals surface area contributed by atoms with Crippen molar-refractivity contribution < 1.29 is 9.90 Å². The van der Waals surface area contributed by atoms with E-state index in [9.17, 15) is 9.90 Å². The lowest BCUT2D eigenvalue weighted by molar-refractivity contribution is -0.135. The highest BCUT2D eigenvalue weighted by Gasteiger charge is 2.33. The van der Waals surface area contributed by atoms with E-state index < -0.39 is 6.10 Å². The van der Waals surface area contributed by atoms with E-state index in [1.54, 1.807) is 22.3 Å². The van der Waals surface area contributed by atoms with Gasteiger partial charge in [-0.1, -0.05) is 6.07 Å². The second-order valence-electron chi connectivity index (χ2n) is 5.65. The van der Waals surface area contributed by atoms with Crippen LogP contribution in [0, 0.1) is 0 Å². The average molecular weight is 320 g/mol. The maximum atomic E-state index is 12.7. The molecule has 1 N–H and O–H groups in total. The van der Waals surface area contributed by atoms with Gasteiger partial charge in [-0.25, -0.2) is 9.67 Å². The van der Waals surface area contributed by atoms with Crippen molar-refractivity contribution in [3.05, 3.63) is 35.0 Å². The van der Waals surface area contributed by atoms with E-state index >= 15 is 0 Å². The first-order chi connectivity index (χ1) is 10.7. The van der Waals surface area contributed by atoms with Crippen molar-refractivity contribution in [2.24, 2.45) is 0 Å². The molecule has 22 heavy (non-hydrogen) atoms. The molecular weight excluding hydrogens is 300 g/mol. The molecule has 0 bridgehead atoms. The first-order valence-corrected chi connectivity index (χ1v) is 8.41. The highest BCUT2D eigenvalue weighted by Crippen LogP contribution is 2.30. The van der Waals surface area contributed by atoms with Crippen molar-refractivity contribution in [3.63, 3.8) is 0 Å². The number of likely N-dealkylation sites (tertiary alicyclic amines) is 1. The van der Waals surface area contributed by atoms with Gasteiger partial charge in [-0.2, -0.15) is 5.10 Å². The zero-order valence-corrected chi connectivity index (χ0v) is 13.3. The lowest BCUT2D eigenvalue weighted by atomic mass is 10.1. The van der Waals surface area contributed by atoms with Crippen molar-refractivity contribution >= 4 is 17.2 Å². The Bertz CT molecular complexity index is 599. The maximum absolute atomic E-state index is 12.7. The second-order valence-corrected chi connectivity index (χ2v) is 6.63. The Labute approximate surface area is 133 Å².